The van der Waals surface area contributed by atoms with E-state index in [0.717, 1.165) is 12.3 Å². The summed E-state index contributed by atoms with van der Waals surface area (Å²) < 4.78 is 5.83. The Morgan fingerprint density at radius 2 is 2.07 bits per heavy atom. The smallest absolute Gasteiger partial charge is 0.340 e. The zero-order valence-electron chi connectivity index (χ0n) is 16.4. The molecule has 0 saturated carbocycles. The third-order valence-electron chi connectivity index (χ3n) is 4.85. The summed E-state index contributed by atoms with van der Waals surface area (Å²) in [7, 11) is 0. The lowest BCUT2D eigenvalue weighted by molar-refractivity contribution is 0.193. The number of nitrogens with two attached hydrogens (primary N) is 1. The molecule has 1 saturated heterocycles. The number of hydrogen-bond donors (Lipinski definition) is 4. The molecule has 2 aliphatic rings. The van der Waals surface area contributed by atoms with Gasteiger partial charge in [0.2, 0.25) is 0 Å². The molecule has 0 spiro atoms. The van der Waals surface area contributed by atoms with Crippen molar-refractivity contribution in [2.45, 2.75) is 32.7 Å². The molecule has 28 heavy (non-hydrogen) atoms. The molecule has 0 unspecified atom stereocenters. The number of carbonyl (C=O) groups excluding carboxylic acids is 1. The van der Waals surface area contributed by atoms with Crippen molar-refractivity contribution in [1.82, 2.24) is 26.1 Å². The second-order valence-electron chi connectivity index (χ2n) is 7.04. The van der Waals surface area contributed by atoms with Crippen molar-refractivity contribution in [1.29, 1.82) is 0 Å². The Balaban J connectivity index is 1.40. The van der Waals surface area contributed by atoms with E-state index in [1.807, 2.05) is 24.3 Å². The van der Waals surface area contributed by atoms with Crippen LogP contribution in [0.4, 0.5) is 4.79 Å². The largest absolute Gasteiger partial charge is 0.490 e. The first-order chi connectivity index (χ1) is 13.6. The van der Waals surface area contributed by atoms with E-state index in [1.54, 1.807) is 6.92 Å². The van der Waals surface area contributed by atoms with Crippen LogP contribution in [0.1, 0.15) is 31.7 Å². The predicted molar refractivity (Wildman–Crippen MR) is 109 cm³/mol. The van der Waals surface area contributed by atoms with Crippen molar-refractivity contribution in [2.75, 3.05) is 26.2 Å². The number of allylic oxidation sites excluding steroid dienone is 1. The van der Waals surface area contributed by atoms with E-state index in [9.17, 15) is 4.79 Å². The van der Waals surface area contributed by atoms with Crippen molar-refractivity contribution in [3.8, 4) is 5.75 Å². The first kappa shape index (κ1) is 20.0. The number of hydrazine groups is 2. The Kier molecular flexibility index (Phi) is 7.16. The first-order valence-electron chi connectivity index (χ1n) is 9.78. The van der Waals surface area contributed by atoms with E-state index in [4.69, 9.17) is 10.6 Å². The van der Waals surface area contributed by atoms with Gasteiger partial charge in [-0.25, -0.2) is 21.2 Å². The normalized spacial score (nSPS) is 18.2. The minimum atomic E-state index is -0.368. The van der Waals surface area contributed by atoms with Gasteiger partial charge in [0.05, 0.1) is 5.70 Å². The maximum Gasteiger partial charge on any atom is 0.340 e. The lowest BCUT2D eigenvalue weighted by Gasteiger charge is -2.28. The van der Waals surface area contributed by atoms with E-state index in [1.165, 1.54) is 43.0 Å². The Morgan fingerprint density at radius 1 is 1.25 bits per heavy atom. The second kappa shape index (κ2) is 10.0. The van der Waals surface area contributed by atoms with Gasteiger partial charge in [-0.05, 0) is 56.6 Å². The lowest BCUT2D eigenvalue weighted by atomic mass is 10.1. The molecule has 1 fully saturated rings. The van der Waals surface area contributed by atoms with Gasteiger partial charge in [0.15, 0.2) is 0 Å². The van der Waals surface area contributed by atoms with Gasteiger partial charge in [-0.1, -0.05) is 24.6 Å². The molecule has 8 heteroatoms. The summed E-state index contributed by atoms with van der Waals surface area (Å²) in [6.45, 7) is 6.22. The van der Waals surface area contributed by atoms with Crippen LogP contribution in [0.2, 0.25) is 0 Å². The third-order valence-corrected chi connectivity index (χ3v) is 4.85. The van der Waals surface area contributed by atoms with Crippen molar-refractivity contribution >= 4 is 6.03 Å². The molecular weight excluding hydrogens is 356 g/mol. The van der Waals surface area contributed by atoms with Crippen LogP contribution in [0.15, 0.2) is 47.9 Å². The number of hydrogen-bond acceptors (Lipinski definition) is 6. The third kappa shape index (κ3) is 5.90. The summed E-state index contributed by atoms with van der Waals surface area (Å²) in [5, 5.41) is 6.99. The van der Waals surface area contributed by atoms with Crippen LogP contribution >= 0.6 is 0 Å². The number of ether oxygens (including phenoxy) is 1. The SMILES string of the molecule is CC1=C(NCC=CCOc2cccc(CN3CCCCC3)c2)NC(=O)NN1N. The molecule has 0 aromatic heterocycles. The minimum Gasteiger partial charge on any atom is -0.490 e. The van der Waals surface area contributed by atoms with Crippen molar-refractivity contribution in [3.63, 3.8) is 0 Å². The molecule has 2 amide bonds. The molecule has 8 nitrogen and oxygen atoms in total. The van der Waals surface area contributed by atoms with E-state index in [-0.39, 0.29) is 6.03 Å². The second-order valence-corrected chi connectivity index (χ2v) is 7.04. The van der Waals surface area contributed by atoms with E-state index in [2.05, 4.69) is 33.1 Å². The molecule has 1 aromatic rings. The fourth-order valence-electron chi connectivity index (χ4n) is 3.28. The molecule has 2 heterocycles. The van der Waals surface area contributed by atoms with Crippen LogP contribution in [0.5, 0.6) is 5.75 Å². The number of rotatable bonds is 8. The first-order valence-corrected chi connectivity index (χ1v) is 9.78. The van der Waals surface area contributed by atoms with Gasteiger partial charge in [-0.3, -0.25) is 10.2 Å². The van der Waals surface area contributed by atoms with Crippen LogP contribution in [-0.2, 0) is 6.54 Å². The molecule has 1 aromatic carbocycles. The Bertz CT molecular complexity index is 727. The maximum atomic E-state index is 11.4. The van der Waals surface area contributed by atoms with Gasteiger partial charge >= 0.3 is 6.03 Å². The lowest BCUT2D eigenvalue weighted by Crippen LogP contribution is -2.56. The van der Waals surface area contributed by atoms with E-state index >= 15 is 0 Å². The van der Waals surface area contributed by atoms with Crippen molar-refractivity contribution < 1.29 is 9.53 Å². The highest BCUT2D eigenvalue weighted by Crippen LogP contribution is 2.17. The van der Waals surface area contributed by atoms with Crippen LogP contribution in [0.3, 0.4) is 0 Å². The fraction of sp³-hybridized carbons (Fsp3) is 0.450. The number of piperidine rings is 1. The van der Waals surface area contributed by atoms with Crippen molar-refractivity contribution in [3.05, 3.63) is 53.5 Å². The molecule has 0 aliphatic carbocycles. The van der Waals surface area contributed by atoms with Crippen molar-refractivity contribution in [2.24, 2.45) is 5.84 Å². The average Bonchev–Trinajstić information content (AvgIpc) is 2.69. The van der Waals surface area contributed by atoms with Gasteiger partial charge in [0.25, 0.3) is 0 Å². The number of benzene rings is 1. The molecule has 0 bridgehead atoms. The number of nitrogens with one attached hydrogen (secondary N) is 3. The summed E-state index contributed by atoms with van der Waals surface area (Å²) in [5.41, 5.74) is 4.44. The number of likely N-dealkylation sites (tertiary alicyclic amines) is 1. The highest BCUT2D eigenvalue weighted by molar-refractivity contribution is 5.76. The highest BCUT2D eigenvalue weighted by atomic mass is 16.5. The fourth-order valence-corrected chi connectivity index (χ4v) is 3.28. The minimum absolute atomic E-state index is 0.368. The van der Waals surface area contributed by atoms with Gasteiger partial charge in [-0.2, -0.15) is 0 Å². The monoisotopic (exact) mass is 386 g/mol. The van der Waals surface area contributed by atoms with Gasteiger partial charge in [-0.15, -0.1) is 0 Å². The molecule has 0 radical (unpaired) electrons. The zero-order valence-corrected chi connectivity index (χ0v) is 16.4. The summed E-state index contributed by atoms with van der Waals surface area (Å²) in [6.07, 6.45) is 7.85. The zero-order chi connectivity index (χ0) is 19.8. The highest BCUT2D eigenvalue weighted by Gasteiger charge is 2.18. The molecule has 5 N–H and O–H groups in total. The molecule has 2 aliphatic heterocycles. The Labute approximate surface area is 166 Å². The Hall–Kier alpha value is -2.71. The van der Waals surface area contributed by atoms with Gasteiger partial charge in [0.1, 0.15) is 18.2 Å². The topological polar surface area (TPSA) is 94.9 Å². The van der Waals surface area contributed by atoms with Crippen LogP contribution < -0.4 is 26.6 Å². The number of urea groups is 1. The van der Waals surface area contributed by atoms with Crippen LogP contribution in [0.25, 0.3) is 0 Å². The quantitative estimate of drug-likeness (QED) is 0.402. The number of carbonyl (C=O) groups is 1. The predicted octanol–water partition coefficient (Wildman–Crippen LogP) is 1.79. The van der Waals surface area contributed by atoms with E-state index in [0.29, 0.717) is 24.7 Å². The van der Waals surface area contributed by atoms with Crippen LogP contribution in [-0.4, -0.2) is 42.3 Å². The van der Waals surface area contributed by atoms with Crippen LogP contribution in [0, 0.1) is 0 Å². The molecule has 152 valence electrons. The van der Waals surface area contributed by atoms with E-state index < -0.39 is 0 Å². The number of nitrogens with zero attached hydrogens (tertiary/aromatic N) is 2. The summed E-state index contributed by atoms with van der Waals surface area (Å²) in [5.74, 6) is 7.14. The van der Waals surface area contributed by atoms with Gasteiger partial charge in [0, 0.05) is 13.1 Å². The molecular formula is C20H30N6O2. The summed E-state index contributed by atoms with van der Waals surface area (Å²) >= 11 is 0. The van der Waals surface area contributed by atoms with Gasteiger partial charge < -0.3 is 10.1 Å². The summed E-state index contributed by atoms with van der Waals surface area (Å²) in [4.78, 5) is 13.9. The average molecular weight is 387 g/mol. The number of amides is 2. The maximum absolute atomic E-state index is 11.4. The molecule has 0 atom stereocenters. The summed E-state index contributed by atoms with van der Waals surface area (Å²) in [6, 6.07) is 7.95. The Morgan fingerprint density at radius 3 is 2.89 bits per heavy atom. The standard InChI is InChI=1S/C20H30N6O2/c1-16-19(23-20(27)24-26(16)21)22-10-3-6-13-28-18-9-7-8-17(14-18)15-25-11-4-2-5-12-25/h3,6-9,14,22H,2,4-5,10-13,15,21H2,1H3,(H2,23,24,27). The molecule has 3 rings (SSSR count).